The van der Waals surface area contributed by atoms with Crippen LogP contribution in [-0.2, 0) is 0 Å². The van der Waals surface area contributed by atoms with Crippen LogP contribution < -0.4 is 0 Å². The number of hydrogen-bond donors (Lipinski definition) is 0. The van der Waals surface area contributed by atoms with E-state index in [0.29, 0.717) is 0 Å². The Morgan fingerprint density at radius 3 is 2.55 bits per heavy atom. The van der Waals surface area contributed by atoms with E-state index in [0.717, 1.165) is 18.9 Å². The first kappa shape index (κ1) is 10.3. The van der Waals surface area contributed by atoms with Crippen LogP contribution in [0.1, 0.15) is 26.7 Å². The summed E-state index contributed by atoms with van der Waals surface area (Å²) in [7, 11) is 1.78. The van der Waals surface area contributed by atoms with Gasteiger partial charge in [-0.2, -0.15) is 0 Å². The number of aliphatic imine (C=N–C) groups is 2. The van der Waals surface area contributed by atoms with Crippen LogP contribution in [-0.4, -0.2) is 26.0 Å². The summed E-state index contributed by atoms with van der Waals surface area (Å²) < 4.78 is 0. The second kappa shape index (κ2) is 7.45. The van der Waals surface area contributed by atoms with Gasteiger partial charge >= 0.3 is 0 Å². The van der Waals surface area contributed by atoms with Crippen LogP contribution in [0.4, 0.5) is 0 Å². The molecule has 0 aliphatic heterocycles. The van der Waals surface area contributed by atoms with Gasteiger partial charge in [0.25, 0.3) is 0 Å². The van der Waals surface area contributed by atoms with Crippen molar-refractivity contribution in [3.05, 3.63) is 0 Å². The average Bonchev–Trinajstić information content (AvgIpc) is 1.96. The summed E-state index contributed by atoms with van der Waals surface area (Å²) in [5, 5.41) is 0. The Balaban J connectivity index is 3.16. The molecule has 0 radical (unpaired) electrons. The maximum atomic E-state index is 4.23. The van der Waals surface area contributed by atoms with E-state index in [1.807, 2.05) is 12.4 Å². The van der Waals surface area contributed by atoms with Crippen LogP contribution in [0.25, 0.3) is 0 Å². The first-order chi connectivity index (χ1) is 5.27. The molecule has 0 unspecified atom stereocenters. The Morgan fingerprint density at radius 1 is 1.27 bits per heavy atom. The fourth-order valence-electron chi connectivity index (χ4n) is 0.651. The molecule has 2 nitrogen and oxygen atoms in total. The van der Waals surface area contributed by atoms with E-state index in [-0.39, 0.29) is 0 Å². The van der Waals surface area contributed by atoms with Gasteiger partial charge in [0, 0.05) is 32.4 Å². The van der Waals surface area contributed by atoms with Crippen molar-refractivity contribution in [1.29, 1.82) is 0 Å². The van der Waals surface area contributed by atoms with E-state index in [9.17, 15) is 0 Å². The first-order valence-corrected chi connectivity index (χ1v) is 4.16. The standard InChI is InChI=1S/C9H18N2/c1-9(2)5-8-11-7-4-6-10-3/h6-7,9H,4-5,8H2,1-3H3. The predicted octanol–water partition coefficient (Wildman–Crippen LogP) is 2.19. The summed E-state index contributed by atoms with van der Waals surface area (Å²) >= 11 is 0. The first-order valence-electron chi connectivity index (χ1n) is 4.16. The van der Waals surface area contributed by atoms with E-state index in [1.165, 1.54) is 6.42 Å². The molecule has 0 bridgehead atoms. The minimum Gasteiger partial charge on any atom is -0.300 e. The zero-order valence-corrected chi connectivity index (χ0v) is 7.75. The molecule has 11 heavy (non-hydrogen) atoms. The molecule has 0 aromatic carbocycles. The molecule has 64 valence electrons. The third-order valence-corrected chi connectivity index (χ3v) is 1.36. The van der Waals surface area contributed by atoms with E-state index in [1.54, 1.807) is 7.05 Å². The predicted molar refractivity (Wildman–Crippen MR) is 51.8 cm³/mol. The van der Waals surface area contributed by atoms with E-state index in [2.05, 4.69) is 23.8 Å². The quantitative estimate of drug-likeness (QED) is 0.542. The van der Waals surface area contributed by atoms with Crippen LogP contribution in [0.5, 0.6) is 0 Å². The smallest absolute Gasteiger partial charge is 0.0387 e. The normalized spacial score (nSPS) is 12.4. The van der Waals surface area contributed by atoms with Crippen LogP contribution >= 0.6 is 0 Å². The van der Waals surface area contributed by atoms with Gasteiger partial charge in [-0.15, -0.1) is 0 Å². The summed E-state index contributed by atoms with van der Waals surface area (Å²) in [6.45, 7) is 5.38. The fraction of sp³-hybridized carbons (Fsp3) is 0.778. The molecule has 0 atom stereocenters. The van der Waals surface area contributed by atoms with Gasteiger partial charge in [0.05, 0.1) is 0 Å². The number of nitrogens with zero attached hydrogens (tertiary/aromatic N) is 2. The molecule has 0 rings (SSSR count). The van der Waals surface area contributed by atoms with Crippen LogP contribution in [0.3, 0.4) is 0 Å². The fourth-order valence-corrected chi connectivity index (χ4v) is 0.651. The van der Waals surface area contributed by atoms with E-state index >= 15 is 0 Å². The summed E-state index contributed by atoms with van der Waals surface area (Å²) in [6, 6.07) is 0. The molecule has 0 saturated heterocycles. The van der Waals surface area contributed by atoms with Gasteiger partial charge in [-0.3, -0.25) is 4.99 Å². The maximum Gasteiger partial charge on any atom is 0.0387 e. The Hall–Kier alpha value is -0.660. The van der Waals surface area contributed by atoms with Crippen molar-refractivity contribution in [3.8, 4) is 0 Å². The molecular formula is C9H18N2. The summed E-state index contributed by atoms with van der Waals surface area (Å²) in [5.74, 6) is 0.756. The third-order valence-electron chi connectivity index (χ3n) is 1.36. The van der Waals surface area contributed by atoms with Gasteiger partial charge in [-0.1, -0.05) is 13.8 Å². The largest absolute Gasteiger partial charge is 0.300 e. The van der Waals surface area contributed by atoms with Gasteiger partial charge in [0.2, 0.25) is 0 Å². The van der Waals surface area contributed by atoms with Gasteiger partial charge < -0.3 is 4.99 Å². The molecule has 0 saturated carbocycles. The average molecular weight is 154 g/mol. The minimum absolute atomic E-state index is 0.756. The SMILES string of the molecule is CN=CCC=NCCC(C)C. The highest BCUT2D eigenvalue weighted by Gasteiger charge is 1.88. The summed E-state index contributed by atoms with van der Waals surface area (Å²) in [4.78, 5) is 8.08. The van der Waals surface area contributed by atoms with Crippen molar-refractivity contribution in [3.63, 3.8) is 0 Å². The second-order valence-electron chi connectivity index (χ2n) is 2.95. The molecule has 0 aliphatic rings. The lowest BCUT2D eigenvalue weighted by atomic mass is 10.1. The van der Waals surface area contributed by atoms with Gasteiger partial charge in [0.15, 0.2) is 0 Å². The van der Waals surface area contributed by atoms with Gasteiger partial charge in [-0.05, 0) is 12.3 Å². The molecular weight excluding hydrogens is 136 g/mol. The highest BCUT2D eigenvalue weighted by atomic mass is 14.7. The highest BCUT2D eigenvalue weighted by Crippen LogP contribution is 1.97. The van der Waals surface area contributed by atoms with Crippen LogP contribution in [0, 0.1) is 5.92 Å². The second-order valence-corrected chi connectivity index (χ2v) is 2.95. The van der Waals surface area contributed by atoms with Gasteiger partial charge in [-0.25, -0.2) is 0 Å². The molecule has 0 amide bonds. The number of hydrogen-bond acceptors (Lipinski definition) is 2. The zero-order valence-electron chi connectivity index (χ0n) is 7.75. The third kappa shape index (κ3) is 9.34. The van der Waals surface area contributed by atoms with Crippen molar-refractivity contribution < 1.29 is 0 Å². The molecule has 0 heterocycles. The zero-order chi connectivity index (χ0) is 8.53. The number of rotatable bonds is 5. The Morgan fingerprint density at radius 2 is 2.00 bits per heavy atom. The van der Waals surface area contributed by atoms with Crippen molar-refractivity contribution >= 4 is 12.4 Å². The maximum absolute atomic E-state index is 4.23. The molecule has 0 aromatic rings. The summed E-state index contributed by atoms with van der Waals surface area (Å²) in [6.07, 6.45) is 5.84. The van der Waals surface area contributed by atoms with E-state index < -0.39 is 0 Å². The van der Waals surface area contributed by atoms with Crippen molar-refractivity contribution in [2.75, 3.05) is 13.6 Å². The minimum atomic E-state index is 0.756. The molecule has 0 fully saturated rings. The molecule has 0 aliphatic carbocycles. The topological polar surface area (TPSA) is 24.7 Å². The Bertz CT molecular complexity index is 126. The molecule has 0 N–H and O–H groups in total. The monoisotopic (exact) mass is 154 g/mol. The van der Waals surface area contributed by atoms with Crippen molar-refractivity contribution in [1.82, 2.24) is 0 Å². The van der Waals surface area contributed by atoms with Gasteiger partial charge in [0.1, 0.15) is 0 Å². The summed E-state index contributed by atoms with van der Waals surface area (Å²) in [5.41, 5.74) is 0. The molecule has 0 spiro atoms. The van der Waals surface area contributed by atoms with Crippen LogP contribution in [0.2, 0.25) is 0 Å². The van der Waals surface area contributed by atoms with E-state index in [4.69, 9.17) is 0 Å². The molecule has 2 heteroatoms. The highest BCUT2D eigenvalue weighted by molar-refractivity contribution is 5.79. The van der Waals surface area contributed by atoms with Crippen LogP contribution in [0.15, 0.2) is 9.98 Å². The lowest BCUT2D eigenvalue weighted by molar-refractivity contribution is 0.597. The van der Waals surface area contributed by atoms with Crippen molar-refractivity contribution in [2.24, 2.45) is 15.9 Å². The lowest BCUT2D eigenvalue weighted by Crippen LogP contribution is -1.90. The molecule has 0 aromatic heterocycles. The Labute approximate surface area is 69.4 Å². The lowest BCUT2D eigenvalue weighted by Gasteiger charge is -1.97. The van der Waals surface area contributed by atoms with Crippen molar-refractivity contribution in [2.45, 2.75) is 26.7 Å². The Kier molecular flexibility index (Phi) is 7.00.